The zero-order valence-corrected chi connectivity index (χ0v) is 6.77. The van der Waals surface area contributed by atoms with Crippen LogP contribution in [0.25, 0.3) is 0 Å². The van der Waals surface area contributed by atoms with Crippen LogP contribution in [-0.2, 0) is 16.6 Å². The van der Waals surface area contributed by atoms with Crippen LogP contribution < -0.4 is 0 Å². The first kappa shape index (κ1) is 6.71. The Morgan fingerprint density at radius 3 is 1.33 bits per heavy atom. The molecule has 0 heterocycles. The summed E-state index contributed by atoms with van der Waals surface area (Å²) >= 11 is -1.04. The van der Waals surface area contributed by atoms with Crippen LogP contribution in [-0.4, -0.2) is 0 Å². The van der Waals surface area contributed by atoms with Gasteiger partial charge in [0.2, 0.25) is 0 Å². The van der Waals surface area contributed by atoms with Gasteiger partial charge in [0.05, 0.1) is 0 Å². The van der Waals surface area contributed by atoms with Gasteiger partial charge in [0.1, 0.15) is 0 Å². The van der Waals surface area contributed by atoms with Crippen molar-refractivity contribution >= 4 is 0 Å². The topological polar surface area (TPSA) is 0 Å². The van der Waals surface area contributed by atoms with Crippen LogP contribution in [0, 0.1) is 0 Å². The van der Waals surface area contributed by atoms with Gasteiger partial charge >= 0.3 is 43.9 Å². The molecule has 0 aromatic rings. The van der Waals surface area contributed by atoms with Crippen molar-refractivity contribution in [3.63, 3.8) is 0 Å². The monoisotopic (exact) mass is 122 g/mol. The Morgan fingerprint density at radius 2 is 1.33 bits per heavy atom. The molecule has 0 spiro atoms. The van der Waals surface area contributed by atoms with Gasteiger partial charge in [-0.25, -0.2) is 0 Å². The molecule has 0 aliphatic rings. The third kappa shape index (κ3) is 4.71. The molecule has 0 fully saturated rings. The molecule has 38 valence electrons. The van der Waals surface area contributed by atoms with E-state index in [1.54, 1.807) is 0 Å². The van der Waals surface area contributed by atoms with E-state index in [1.165, 1.54) is 4.73 Å². The van der Waals surface area contributed by atoms with E-state index >= 15 is 0 Å². The van der Waals surface area contributed by atoms with Gasteiger partial charge in [-0.2, -0.15) is 0 Å². The van der Waals surface area contributed by atoms with Crippen molar-refractivity contribution in [2.45, 2.75) is 27.3 Å². The quantitative estimate of drug-likeness (QED) is 0.469. The summed E-state index contributed by atoms with van der Waals surface area (Å²) in [6.45, 7) is 2.29. The van der Waals surface area contributed by atoms with Crippen LogP contribution in [0.2, 0.25) is 20.4 Å². The second-order valence-electron chi connectivity index (χ2n) is 2.91. The van der Waals surface area contributed by atoms with Crippen molar-refractivity contribution in [3.8, 4) is 0 Å². The van der Waals surface area contributed by atoms with Crippen molar-refractivity contribution in [2.24, 2.45) is 0 Å². The normalized spacial score (nSPS) is 12.0. The first-order chi connectivity index (χ1) is 2.56. The molecule has 0 unspecified atom stereocenters. The number of hydrogen-bond donors (Lipinski definition) is 0. The molecule has 0 N–H and O–H groups in total. The zero-order chi connectivity index (χ0) is 5.21. The fourth-order valence-electron chi connectivity index (χ4n) is 0. The van der Waals surface area contributed by atoms with Crippen molar-refractivity contribution in [3.05, 3.63) is 0 Å². The number of rotatable bonds is 1. The summed E-state index contributed by atoms with van der Waals surface area (Å²) in [5.74, 6) is 0. The van der Waals surface area contributed by atoms with Crippen LogP contribution in [0.5, 0.6) is 0 Å². The van der Waals surface area contributed by atoms with Crippen LogP contribution in [0.1, 0.15) is 6.92 Å². The molecule has 0 nitrogen and oxygen atoms in total. The third-order valence-corrected chi connectivity index (χ3v) is 4.37. The van der Waals surface area contributed by atoms with E-state index < -0.39 is 16.6 Å². The van der Waals surface area contributed by atoms with E-state index in [0.717, 1.165) is 0 Å². The Balaban J connectivity index is 3.17. The molecule has 1 heteroatoms. The van der Waals surface area contributed by atoms with Crippen LogP contribution in [0.4, 0.5) is 0 Å². The molecule has 0 aromatic heterocycles. The zero-order valence-electron chi connectivity index (χ0n) is 5.21. The molecule has 0 aliphatic heterocycles. The van der Waals surface area contributed by atoms with E-state index in [1.807, 2.05) is 0 Å². The summed E-state index contributed by atoms with van der Waals surface area (Å²) in [5.41, 5.74) is 0. The van der Waals surface area contributed by atoms with Crippen LogP contribution in [0.15, 0.2) is 0 Å². The van der Waals surface area contributed by atoms with E-state index in [9.17, 15) is 0 Å². The minimum atomic E-state index is -1.04. The summed E-state index contributed by atoms with van der Waals surface area (Å²) < 4.78 is 1.46. The summed E-state index contributed by atoms with van der Waals surface area (Å²) in [5, 5.41) is 7.29. The van der Waals surface area contributed by atoms with Crippen LogP contribution in [0.3, 0.4) is 0 Å². The number of hydrogen-bond acceptors (Lipinski definition) is 0. The molecule has 0 saturated heterocycles. The standard InChI is InChI=1S/C2H5.3CH3.Ti/c1-2;;;;/h1H2,2H3;3*1H3;. The van der Waals surface area contributed by atoms with Crippen LogP contribution >= 0.6 is 0 Å². The second kappa shape index (κ2) is 2.13. The van der Waals surface area contributed by atoms with Gasteiger partial charge in [0.15, 0.2) is 0 Å². The molecule has 0 atom stereocenters. The summed E-state index contributed by atoms with van der Waals surface area (Å²) in [7, 11) is 0. The Kier molecular flexibility index (Phi) is 2.39. The van der Waals surface area contributed by atoms with Gasteiger partial charge in [-0.3, -0.25) is 0 Å². The van der Waals surface area contributed by atoms with Crippen molar-refractivity contribution < 1.29 is 16.6 Å². The molecule has 6 heavy (non-hydrogen) atoms. The second-order valence-corrected chi connectivity index (χ2v) is 12.0. The van der Waals surface area contributed by atoms with Crippen molar-refractivity contribution in [1.82, 2.24) is 0 Å². The third-order valence-electron chi connectivity index (χ3n) is 1.06. The average Bonchev–Trinajstić information content (AvgIpc) is 1.35. The molecule has 0 radical (unpaired) electrons. The SMILES string of the molecule is C[CH2][Ti]([CH3])([CH3])[CH3]. The van der Waals surface area contributed by atoms with Gasteiger partial charge in [0.25, 0.3) is 0 Å². The maximum atomic E-state index is 2.43. The summed E-state index contributed by atoms with van der Waals surface area (Å²) in [6, 6.07) is 0. The van der Waals surface area contributed by atoms with Gasteiger partial charge in [0, 0.05) is 0 Å². The predicted molar refractivity (Wildman–Crippen MR) is 28.1 cm³/mol. The molecule has 0 rings (SSSR count). The average molecular weight is 122 g/mol. The summed E-state index contributed by atoms with van der Waals surface area (Å²) in [4.78, 5) is 0. The fraction of sp³-hybridized carbons (Fsp3) is 1.00. The van der Waals surface area contributed by atoms with Gasteiger partial charge < -0.3 is 0 Å². The van der Waals surface area contributed by atoms with Crippen molar-refractivity contribution in [1.29, 1.82) is 0 Å². The van der Waals surface area contributed by atoms with E-state index in [-0.39, 0.29) is 0 Å². The molecular formula is C5H14Ti. The Bertz CT molecular complexity index is 33.7. The first-order valence-electron chi connectivity index (χ1n) is 2.56. The first-order valence-corrected chi connectivity index (χ1v) is 8.35. The molecule has 0 amide bonds. The Labute approximate surface area is 44.3 Å². The van der Waals surface area contributed by atoms with E-state index in [4.69, 9.17) is 0 Å². The van der Waals surface area contributed by atoms with E-state index in [2.05, 4.69) is 22.6 Å². The summed E-state index contributed by atoms with van der Waals surface area (Å²) in [6.07, 6.45) is 0. The molecular weight excluding hydrogens is 108 g/mol. The molecule has 0 saturated carbocycles. The Hall–Kier alpha value is 0.714. The molecule has 0 aromatic carbocycles. The van der Waals surface area contributed by atoms with Crippen molar-refractivity contribution in [2.75, 3.05) is 0 Å². The maximum absolute atomic E-state index is 2.43. The minimum absolute atomic E-state index is 1.04. The Morgan fingerprint density at radius 1 is 1.17 bits per heavy atom. The van der Waals surface area contributed by atoms with Gasteiger partial charge in [-0.1, -0.05) is 0 Å². The predicted octanol–water partition coefficient (Wildman–Crippen LogP) is 2.72. The molecule has 0 aliphatic carbocycles. The van der Waals surface area contributed by atoms with Gasteiger partial charge in [-0.15, -0.1) is 0 Å². The van der Waals surface area contributed by atoms with E-state index in [0.29, 0.717) is 0 Å². The molecule has 0 bridgehead atoms. The van der Waals surface area contributed by atoms with Gasteiger partial charge in [-0.05, 0) is 0 Å². The fourth-order valence-corrected chi connectivity index (χ4v) is 0.